The predicted octanol–water partition coefficient (Wildman–Crippen LogP) is 2.21. The number of thiophene rings is 1. The average molecular weight is 275 g/mol. The molecule has 0 saturated carbocycles. The van der Waals surface area contributed by atoms with Crippen molar-refractivity contribution in [2.24, 2.45) is 5.84 Å². The maximum absolute atomic E-state index is 5.41. The summed E-state index contributed by atoms with van der Waals surface area (Å²) in [6, 6.07) is 5.81. The minimum atomic E-state index is 0.413. The van der Waals surface area contributed by atoms with Gasteiger partial charge in [-0.25, -0.2) is 10.8 Å². The van der Waals surface area contributed by atoms with Crippen molar-refractivity contribution in [3.8, 4) is 0 Å². The van der Waals surface area contributed by atoms with Crippen molar-refractivity contribution < 1.29 is 4.42 Å². The molecule has 0 atom stereocenters. The number of anilines is 2. The normalized spacial score (nSPS) is 10.8. The van der Waals surface area contributed by atoms with Gasteiger partial charge in [-0.1, -0.05) is 0 Å². The average Bonchev–Trinajstić information content (AvgIpc) is 3.07. The molecule has 19 heavy (non-hydrogen) atoms. The third-order valence-corrected chi connectivity index (χ3v) is 3.58. The smallest absolute Gasteiger partial charge is 0.240 e. The minimum absolute atomic E-state index is 0.413. The van der Waals surface area contributed by atoms with Crippen LogP contribution in [0.25, 0.3) is 10.2 Å². The fourth-order valence-corrected chi connectivity index (χ4v) is 2.66. The van der Waals surface area contributed by atoms with E-state index in [-0.39, 0.29) is 0 Å². The molecule has 3 N–H and O–H groups in total. The summed E-state index contributed by atoms with van der Waals surface area (Å²) in [4.78, 5) is 11.6. The third kappa shape index (κ3) is 2.25. The van der Waals surface area contributed by atoms with E-state index < -0.39 is 0 Å². The van der Waals surface area contributed by atoms with Gasteiger partial charge in [0.1, 0.15) is 16.4 Å². The summed E-state index contributed by atoms with van der Waals surface area (Å²) in [5.41, 5.74) is 2.50. The molecule has 7 heteroatoms. The molecule has 3 aromatic rings. The van der Waals surface area contributed by atoms with Crippen molar-refractivity contribution in [1.82, 2.24) is 9.97 Å². The molecule has 0 spiro atoms. The lowest BCUT2D eigenvalue weighted by Gasteiger charge is -2.18. The molecule has 6 nitrogen and oxygen atoms in total. The maximum atomic E-state index is 5.41. The Kier molecular flexibility index (Phi) is 3.06. The summed E-state index contributed by atoms with van der Waals surface area (Å²) in [7, 11) is 1.96. The number of hydrazine groups is 1. The van der Waals surface area contributed by atoms with Gasteiger partial charge in [0.2, 0.25) is 5.95 Å². The Morgan fingerprint density at radius 2 is 2.32 bits per heavy atom. The van der Waals surface area contributed by atoms with Gasteiger partial charge in [0, 0.05) is 7.05 Å². The SMILES string of the molecule is CN(Cc1ccco1)c1nc(NN)nc2sccc12. The topological polar surface area (TPSA) is 80.2 Å². The van der Waals surface area contributed by atoms with E-state index in [0.29, 0.717) is 12.5 Å². The second kappa shape index (κ2) is 4.87. The van der Waals surface area contributed by atoms with Gasteiger partial charge in [0.05, 0.1) is 18.2 Å². The van der Waals surface area contributed by atoms with Crippen LogP contribution in [0.5, 0.6) is 0 Å². The second-order valence-electron chi connectivity index (χ2n) is 4.09. The first kappa shape index (κ1) is 11.9. The first-order valence-corrected chi connectivity index (χ1v) is 6.61. The van der Waals surface area contributed by atoms with Gasteiger partial charge < -0.3 is 9.32 Å². The van der Waals surface area contributed by atoms with Crippen molar-refractivity contribution in [2.75, 3.05) is 17.4 Å². The predicted molar refractivity (Wildman–Crippen MR) is 76.0 cm³/mol. The quantitative estimate of drug-likeness (QED) is 0.561. The number of fused-ring (bicyclic) bond motifs is 1. The van der Waals surface area contributed by atoms with Gasteiger partial charge in [0.25, 0.3) is 0 Å². The molecule has 3 aromatic heterocycles. The van der Waals surface area contributed by atoms with Crippen molar-refractivity contribution in [3.05, 3.63) is 35.6 Å². The zero-order valence-electron chi connectivity index (χ0n) is 10.3. The highest BCUT2D eigenvalue weighted by molar-refractivity contribution is 7.16. The molecule has 3 rings (SSSR count). The van der Waals surface area contributed by atoms with Crippen LogP contribution in [0.15, 0.2) is 34.3 Å². The Bertz CT molecular complexity index is 679. The number of rotatable bonds is 4. The zero-order chi connectivity index (χ0) is 13.2. The number of furan rings is 1. The first-order chi connectivity index (χ1) is 9.28. The van der Waals surface area contributed by atoms with Crippen LogP contribution in [0.1, 0.15) is 5.76 Å². The van der Waals surface area contributed by atoms with Crippen LogP contribution in [0.2, 0.25) is 0 Å². The fraction of sp³-hybridized carbons (Fsp3) is 0.167. The number of nitrogens with one attached hydrogen (secondary N) is 1. The summed E-state index contributed by atoms with van der Waals surface area (Å²) >= 11 is 1.56. The highest BCUT2D eigenvalue weighted by Crippen LogP contribution is 2.29. The molecule has 0 unspecified atom stereocenters. The summed E-state index contributed by atoms with van der Waals surface area (Å²) in [5, 5.41) is 3.00. The van der Waals surface area contributed by atoms with Gasteiger partial charge in [-0.15, -0.1) is 11.3 Å². The molecule has 0 aliphatic rings. The third-order valence-electron chi connectivity index (χ3n) is 2.77. The van der Waals surface area contributed by atoms with E-state index in [1.807, 2.05) is 35.5 Å². The molecule has 98 valence electrons. The Labute approximate surface area is 113 Å². The van der Waals surface area contributed by atoms with Crippen LogP contribution in [-0.2, 0) is 6.54 Å². The molecule has 0 amide bonds. The largest absolute Gasteiger partial charge is 0.467 e. The van der Waals surface area contributed by atoms with Gasteiger partial charge >= 0.3 is 0 Å². The number of hydrogen-bond donors (Lipinski definition) is 2. The number of nitrogen functional groups attached to an aromatic ring is 1. The summed E-state index contributed by atoms with van der Waals surface area (Å²) in [6.07, 6.45) is 1.66. The molecular formula is C12H13N5OS. The molecule has 0 saturated heterocycles. The lowest BCUT2D eigenvalue weighted by atomic mass is 10.3. The van der Waals surface area contributed by atoms with E-state index in [9.17, 15) is 0 Å². The zero-order valence-corrected chi connectivity index (χ0v) is 11.1. The fourth-order valence-electron chi connectivity index (χ4n) is 1.91. The molecule has 0 radical (unpaired) electrons. The first-order valence-electron chi connectivity index (χ1n) is 5.73. The van der Waals surface area contributed by atoms with E-state index in [1.54, 1.807) is 17.6 Å². The molecule has 0 aliphatic heterocycles. The maximum Gasteiger partial charge on any atom is 0.240 e. The van der Waals surface area contributed by atoms with Crippen molar-refractivity contribution in [3.63, 3.8) is 0 Å². The van der Waals surface area contributed by atoms with Crippen molar-refractivity contribution >= 4 is 33.3 Å². The molecule has 0 aliphatic carbocycles. The van der Waals surface area contributed by atoms with E-state index in [2.05, 4.69) is 15.4 Å². The van der Waals surface area contributed by atoms with E-state index in [1.165, 1.54) is 0 Å². The Hall–Kier alpha value is -2.12. The number of aromatic nitrogens is 2. The van der Waals surface area contributed by atoms with Crippen LogP contribution in [0.3, 0.4) is 0 Å². The number of hydrogen-bond acceptors (Lipinski definition) is 7. The minimum Gasteiger partial charge on any atom is -0.467 e. The molecule has 0 fully saturated rings. The standard InChI is InChI=1S/C12H13N5OS/c1-17(7-8-3-2-5-18-8)10-9-4-6-19-11(9)15-12(14-10)16-13/h2-6H,7,13H2,1H3,(H,14,15,16). The number of nitrogens with two attached hydrogens (primary N) is 1. The monoisotopic (exact) mass is 275 g/mol. The van der Waals surface area contributed by atoms with Crippen molar-refractivity contribution in [2.45, 2.75) is 6.54 Å². The van der Waals surface area contributed by atoms with Crippen LogP contribution in [0, 0.1) is 0 Å². The van der Waals surface area contributed by atoms with Crippen LogP contribution in [0.4, 0.5) is 11.8 Å². The Balaban J connectivity index is 2.00. The molecular weight excluding hydrogens is 262 g/mol. The van der Waals surface area contributed by atoms with Gasteiger partial charge in [-0.05, 0) is 23.6 Å². The van der Waals surface area contributed by atoms with Gasteiger partial charge in [-0.2, -0.15) is 4.98 Å². The highest BCUT2D eigenvalue weighted by Gasteiger charge is 2.13. The van der Waals surface area contributed by atoms with Crippen LogP contribution < -0.4 is 16.2 Å². The second-order valence-corrected chi connectivity index (χ2v) is 4.98. The van der Waals surface area contributed by atoms with E-state index >= 15 is 0 Å². The van der Waals surface area contributed by atoms with Gasteiger partial charge in [0.15, 0.2) is 0 Å². The summed E-state index contributed by atoms with van der Waals surface area (Å²) in [5.74, 6) is 7.53. The molecule has 3 heterocycles. The molecule has 0 bridgehead atoms. The van der Waals surface area contributed by atoms with Crippen LogP contribution in [-0.4, -0.2) is 17.0 Å². The molecule has 0 aromatic carbocycles. The summed E-state index contributed by atoms with van der Waals surface area (Å²) in [6.45, 7) is 0.638. The lowest BCUT2D eigenvalue weighted by Crippen LogP contribution is -2.19. The van der Waals surface area contributed by atoms with E-state index in [4.69, 9.17) is 10.3 Å². The van der Waals surface area contributed by atoms with Crippen molar-refractivity contribution in [1.29, 1.82) is 0 Å². The Morgan fingerprint density at radius 1 is 1.42 bits per heavy atom. The number of nitrogens with zero attached hydrogens (tertiary/aromatic N) is 3. The summed E-state index contributed by atoms with van der Waals surface area (Å²) < 4.78 is 5.35. The highest BCUT2D eigenvalue weighted by atomic mass is 32.1. The van der Waals surface area contributed by atoms with E-state index in [0.717, 1.165) is 21.8 Å². The lowest BCUT2D eigenvalue weighted by molar-refractivity contribution is 0.507. The Morgan fingerprint density at radius 3 is 3.05 bits per heavy atom. The van der Waals surface area contributed by atoms with Crippen LogP contribution >= 0.6 is 11.3 Å². The van der Waals surface area contributed by atoms with Gasteiger partial charge in [-0.3, -0.25) is 5.43 Å².